The van der Waals surface area contributed by atoms with Gasteiger partial charge in [0.15, 0.2) is 0 Å². The fourth-order valence-corrected chi connectivity index (χ4v) is 4.75. The largest absolute Gasteiger partial charge is 0.496 e. The van der Waals surface area contributed by atoms with Crippen LogP contribution in [0.25, 0.3) is 16.5 Å². The number of hydrogen-bond donors (Lipinski definition) is 3. The molecule has 0 radical (unpaired) electrons. The third-order valence-electron chi connectivity index (χ3n) is 6.78. The van der Waals surface area contributed by atoms with Gasteiger partial charge in [-0.15, -0.1) is 0 Å². The first-order valence-corrected chi connectivity index (χ1v) is 11.6. The number of carboxylic acids is 1. The van der Waals surface area contributed by atoms with Gasteiger partial charge in [0.2, 0.25) is 0 Å². The summed E-state index contributed by atoms with van der Waals surface area (Å²) in [6.45, 7) is 8.15. The number of allylic oxidation sites excluding steroid dienone is 2. The molecule has 1 aromatic heterocycles. The number of benzene rings is 2. The van der Waals surface area contributed by atoms with Gasteiger partial charge in [-0.2, -0.15) is 0 Å². The van der Waals surface area contributed by atoms with E-state index in [1.54, 1.807) is 7.11 Å². The molecule has 4 N–H and O–H groups in total. The predicted octanol–water partition coefficient (Wildman–Crippen LogP) is 5.59. The number of aromatic nitrogens is 2. The SMILES string of the molecule is COc1cc2nc(C)nc(N[C@@H](C)c3cc(N)cc(C)c3C)c2cc1C1=CCC(C(=O)O)CC1. The van der Waals surface area contributed by atoms with Gasteiger partial charge in [0.25, 0.3) is 0 Å². The van der Waals surface area contributed by atoms with Gasteiger partial charge in [0.05, 0.1) is 24.6 Å². The lowest BCUT2D eigenvalue weighted by Gasteiger charge is -2.22. The molecule has 3 aromatic rings. The third kappa shape index (κ3) is 4.55. The van der Waals surface area contributed by atoms with E-state index in [1.807, 2.05) is 31.2 Å². The van der Waals surface area contributed by atoms with Crippen molar-refractivity contribution in [3.63, 3.8) is 0 Å². The monoisotopic (exact) mass is 460 g/mol. The van der Waals surface area contributed by atoms with Gasteiger partial charge in [-0.3, -0.25) is 4.79 Å². The van der Waals surface area contributed by atoms with Gasteiger partial charge in [-0.1, -0.05) is 6.08 Å². The number of aliphatic carboxylic acids is 1. The summed E-state index contributed by atoms with van der Waals surface area (Å²) in [4.78, 5) is 20.7. The first kappa shape index (κ1) is 23.5. The van der Waals surface area contributed by atoms with E-state index in [2.05, 4.69) is 37.1 Å². The molecule has 178 valence electrons. The topological polar surface area (TPSA) is 110 Å². The lowest BCUT2D eigenvalue weighted by Crippen LogP contribution is -2.16. The van der Waals surface area contributed by atoms with Gasteiger partial charge in [-0.05, 0) is 87.4 Å². The van der Waals surface area contributed by atoms with Gasteiger partial charge < -0.3 is 20.9 Å². The van der Waals surface area contributed by atoms with E-state index in [9.17, 15) is 9.90 Å². The van der Waals surface area contributed by atoms with E-state index in [4.69, 9.17) is 15.5 Å². The van der Waals surface area contributed by atoms with E-state index >= 15 is 0 Å². The first-order chi connectivity index (χ1) is 16.2. The number of carbonyl (C=O) groups is 1. The normalized spacial score (nSPS) is 16.7. The quantitative estimate of drug-likeness (QED) is 0.411. The Bertz CT molecular complexity index is 1300. The van der Waals surface area contributed by atoms with E-state index in [-0.39, 0.29) is 12.0 Å². The summed E-state index contributed by atoms with van der Waals surface area (Å²) in [6, 6.07) is 7.98. The number of aryl methyl sites for hydroxylation is 2. The van der Waals surface area contributed by atoms with Gasteiger partial charge in [0.1, 0.15) is 17.4 Å². The van der Waals surface area contributed by atoms with Crippen LogP contribution in [-0.4, -0.2) is 28.2 Å². The van der Waals surface area contributed by atoms with E-state index in [0.717, 1.165) is 50.4 Å². The summed E-state index contributed by atoms with van der Waals surface area (Å²) in [7, 11) is 1.65. The minimum Gasteiger partial charge on any atom is -0.496 e. The Morgan fingerprint density at radius 2 is 1.97 bits per heavy atom. The average molecular weight is 461 g/mol. The molecule has 1 heterocycles. The molecule has 0 fully saturated rings. The predicted molar refractivity (Wildman–Crippen MR) is 136 cm³/mol. The van der Waals surface area contributed by atoms with Crippen LogP contribution < -0.4 is 15.8 Å². The second kappa shape index (κ2) is 9.33. The summed E-state index contributed by atoms with van der Waals surface area (Å²) >= 11 is 0. The maximum absolute atomic E-state index is 11.4. The number of nitrogen functional groups attached to an aromatic ring is 1. The fourth-order valence-electron chi connectivity index (χ4n) is 4.75. The number of anilines is 2. The Hall–Kier alpha value is -3.61. The second-order valence-corrected chi connectivity index (χ2v) is 9.15. The van der Waals surface area contributed by atoms with Crippen LogP contribution in [0.2, 0.25) is 0 Å². The number of ether oxygens (including phenoxy) is 1. The molecule has 1 aliphatic carbocycles. The van der Waals surface area contributed by atoms with Gasteiger partial charge in [-0.25, -0.2) is 9.97 Å². The zero-order valence-electron chi connectivity index (χ0n) is 20.4. The van der Waals surface area contributed by atoms with Crippen molar-refractivity contribution in [3.05, 3.63) is 58.4 Å². The smallest absolute Gasteiger partial charge is 0.306 e. The molecule has 0 amide bonds. The fraction of sp³-hybridized carbons (Fsp3) is 0.370. The highest BCUT2D eigenvalue weighted by molar-refractivity contribution is 5.94. The van der Waals surface area contributed by atoms with Crippen LogP contribution in [0.5, 0.6) is 5.75 Å². The van der Waals surface area contributed by atoms with Crippen molar-refractivity contribution in [2.75, 3.05) is 18.2 Å². The van der Waals surface area contributed by atoms with Crippen LogP contribution in [0, 0.1) is 26.7 Å². The summed E-state index contributed by atoms with van der Waals surface area (Å²) in [5.41, 5.74) is 13.2. The van der Waals surface area contributed by atoms with E-state index in [0.29, 0.717) is 25.1 Å². The summed E-state index contributed by atoms with van der Waals surface area (Å²) in [6.07, 6.45) is 3.84. The van der Waals surface area contributed by atoms with Crippen molar-refractivity contribution in [2.45, 2.75) is 53.0 Å². The molecule has 0 bridgehead atoms. The van der Waals surface area contributed by atoms with Crippen molar-refractivity contribution in [1.29, 1.82) is 0 Å². The lowest BCUT2D eigenvalue weighted by atomic mass is 9.86. The Morgan fingerprint density at radius 1 is 1.21 bits per heavy atom. The Kier molecular flexibility index (Phi) is 6.46. The van der Waals surface area contributed by atoms with Gasteiger partial charge >= 0.3 is 5.97 Å². The van der Waals surface area contributed by atoms with Crippen molar-refractivity contribution >= 4 is 34.0 Å². The second-order valence-electron chi connectivity index (χ2n) is 9.15. The zero-order chi connectivity index (χ0) is 24.6. The van der Waals surface area contributed by atoms with Crippen LogP contribution in [0.3, 0.4) is 0 Å². The lowest BCUT2D eigenvalue weighted by molar-refractivity contribution is -0.141. The number of hydrogen-bond acceptors (Lipinski definition) is 6. The van der Waals surface area contributed by atoms with Crippen molar-refractivity contribution in [2.24, 2.45) is 5.92 Å². The maximum atomic E-state index is 11.4. The Labute approximate surface area is 200 Å². The summed E-state index contributed by atoms with van der Waals surface area (Å²) in [5, 5.41) is 13.8. The van der Waals surface area contributed by atoms with Crippen molar-refractivity contribution in [1.82, 2.24) is 9.97 Å². The first-order valence-electron chi connectivity index (χ1n) is 11.6. The van der Waals surface area contributed by atoms with Crippen molar-refractivity contribution < 1.29 is 14.6 Å². The molecule has 2 aromatic carbocycles. The minimum absolute atomic E-state index is 0.0181. The van der Waals surface area contributed by atoms with Gasteiger partial charge in [0, 0.05) is 22.7 Å². The molecule has 34 heavy (non-hydrogen) atoms. The van der Waals surface area contributed by atoms with Crippen LogP contribution in [0.15, 0.2) is 30.3 Å². The molecule has 0 saturated heterocycles. The average Bonchev–Trinajstić information content (AvgIpc) is 2.80. The molecule has 1 unspecified atom stereocenters. The molecule has 0 spiro atoms. The zero-order valence-corrected chi connectivity index (χ0v) is 20.4. The highest BCUT2D eigenvalue weighted by Gasteiger charge is 2.24. The molecule has 2 atom stereocenters. The number of carboxylic acid groups (broad SMARTS) is 1. The number of nitrogens with two attached hydrogens (primary N) is 1. The maximum Gasteiger partial charge on any atom is 0.306 e. The number of rotatable bonds is 6. The van der Waals surface area contributed by atoms with Crippen LogP contribution >= 0.6 is 0 Å². The van der Waals surface area contributed by atoms with Crippen molar-refractivity contribution in [3.8, 4) is 5.75 Å². The number of fused-ring (bicyclic) bond motifs is 1. The molecule has 7 nitrogen and oxygen atoms in total. The standard InChI is InChI=1S/C27H32N4O3/c1-14-10-20(28)11-21(15(14)2)16(3)29-26-23-12-22(18-6-8-19(9-7-18)27(32)33)25(34-5)13-24(23)30-17(4)31-26/h6,10-13,16,19H,7-9,28H2,1-5H3,(H,32,33)(H,29,30,31)/t16-,19?/m0/s1. The minimum atomic E-state index is -0.739. The highest BCUT2D eigenvalue weighted by Crippen LogP contribution is 2.39. The van der Waals surface area contributed by atoms with E-state index in [1.165, 1.54) is 5.56 Å². The Morgan fingerprint density at radius 3 is 2.62 bits per heavy atom. The molecular weight excluding hydrogens is 428 g/mol. The highest BCUT2D eigenvalue weighted by atomic mass is 16.5. The Balaban J connectivity index is 1.77. The number of nitrogens with zero attached hydrogens (tertiary/aromatic N) is 2. The van der Waals surface area contributed by atoms with Crippen LogP contribution in [-0.2, 0) is 4.79 Å². The third-order valence-corrected chi connectivity index (χ3v) is 6.78. The summed E-state index contributed by atoms with van der Waals surface area (Å²) in [5.74, 6) is 1.07. The molecule has 0 aliphatic heterocycles. The molecule has 7 heteroatoms. The number of methoxy groups -OCH3 is 1. The van der Waals surface area contributed by atoms with Crippen LogP contribution in [0.4, 0.5) is 11.5 Å². The summed E-state index contributed by atoms with van der Waals surface area (Å²) < 4.78 is 5.70. The van der Waals surface area contributed by atoms with Crippen LogP contribution in [0.1, 0.15) is 60.3 Å². The molecule has 1 aliphatic rings. The molecule has 4 rings (SSSR count). The molecule has 0 saturated carbocycles. The number of nitrogens with one attached hydrogen (secondary N) is 1. The molecular formula is C27H32N4O3. The van der Waals surface area contributed by atoms with E-state index < -0.39 is 5.97 Å².